The molecule has 1 aromatic rings. The smallest absolute Gasteiger partial charge is 0.208 e. The van der Waals surface area contributed by atoms with Crippen molar-refractivity contribution in [2.75, 3.05) is 18.2 Å². The second-order valence-corrected chi connectivity index (χ2v) is 3.54. The van der Waals surface area contributed by atoms with Crippen LogP contribution in [0.5, 0.6) is 5.75 Å². The number of hydrogen-bond donors (Lipinski definition) is 1. The molecule has 0 radical (unpaired) electrons. The van der Waals surface area contributed by atoms with Crippen LogP contribution in [-0.4, -0.2) is 29.5 Å². The highest BCUT2D eigenvalue weighted by atomic mass is 16.6. The topological polar surface area (TPSA) is 75.8 Å². The molecule has 0 aromatic heterocycles. The fourth-order valence-electron chi connectivity index (χ4n) is 1.65. The van der Waals surface area contributed by atoms with Gasteiger partial charge in [-0.05, 0) is 12.1 Å². The van der Waals surface area contributed by atoms with Gasteiger partial charge < -0.3 is 14.7 Å². The maximum atomic E-state index is 10.2. The molecule has 0 bridgehead atoms. The minimum atomic E-state index is -0.881. The van der Waals surface area contributed by atoms with Crippen molar-refractivity contribution >= 4 is 5.69 Å². The van der Waals surface area contributed by atoms with Crippen molar-refractivity contribution in [2.24, 2.45) is 0 Å². The van der Waals surface area contributed by atoms with Gasteiger partial charge in [-0.25, -0.2) is 0 Å². The van der Waals surface area contributed by atoms with E-state index < -0.39 is 11.2 Å². The summed E-state index contributed by atoms with van der Waals surface area (Å²) in [6.45, 7) is -0.0158. The summed E-state index contributed by atoms with van der Waals surface area (Å²) in [6.07, 6.45) is -0.793. The number of hydrogen-bond acceptors (Lipinski definition) is 5. The lowest BCUT2D eigenvalue weighted by atomic mass is 10.2. The fraction of sp³-hybridized carbons (Fsp3) is 0.400. The molecule has 6 heteroatoms. The number of anilines is 1. The highest BCUT2D eigenvalue weighted by Crippen LogP contribution is 2.34. The molecular weight excluding hydrogens is 212 g/mol. The van der Waals surface area contributed by atoms with Gasteiger partial charge in [0.2, 0.25) is 6.54 Å². The Morgan fingerprint density at radius 1 is 1.56 bits per heavy atom. The first-order chi connectivity index (χ1) is 7.68. The van der Waals surface area contributed by atoms with Gasteiger partial charge in [0.1, 0.15) is 12.0 Å². The molecule has 86 valence electrons. The maximum Gasteiger partial charge on any atom is 0.208 e. The Morgan fingerprint density at radius 3 is 3.06 bits per heavy atom. The summed E-state index contributed by atoms with van der Waals surface area (Å²) in [5.41, 5.74) is 0.776. The van der Waals surface area contributed by atoms with Crippen LogP contribution in [0.3, 0.4) is 0 Å². The first kappa shape index (κ1) is 10.7. The lowest BCUT2D eigenvalue weighted by Gasteiger charge is -2.21. The minimum Gasteiger partial charge on any atom is -0.471 e. The van der Waals surface area contributed by atoms with Gasteiger partial charge in [0.25, 0.3) is 0 Å². The lowest BCUT2D eigenvalue weighted by molar-refractivity contribution is -0.482. The van der Waals surface area contributed by atoms with E-state index in [1.807, 2.05) is 18.2 Å². The van der Waals surface area contributed by atoms with E-state index in [0.717, 1.165) is 5.69 Å². The average Bonchev–Trinajstić information content (AvgIpc) is 2.69. The predicted molar refractivity (Wildman–Crippen MR) is 56.9 cm³/mol. The Morgan fingerprint density at radius 2 is 2.31 bits per heavy atom. The molecule has 0 fully saturated rings. The molecule has 0 aliphatic carbocycles. The van der Waals surface area contributed by atoms with Gasteiger partial charge in [-0.3, -0.25) is 10.1 Å². The molecule has 1 aliphatic heterocycles. The summed E-state index contributed by atoms with van der Waals surface area (Å²) in [5.74, 6) is 0.697. The van der Waals surface area contributed by atoms with Crippen molar-refractivity contribution in [1.29, 1.82) is 0 Å². The third-order valence-corrected chi connectivity index (χ3v) is 2.46. The number of aliphatic hydroxyl groups excluding tert-OH is 1. The third kappa shape index (κ3) is 2.06. The second-order valence-electron chi connectivity index (χ2n) is 3.54. The summed E-state index contributed by atoms with van der Waals surface area (Å²) < 4.78 is 5.34. The van der Waals surface area contributed by atoms with Gasteiger partial charge in [0.05, 0.1) is 12.1 Å². The third-order valence-electron chi connectivity index (χ3n) is 2.46. The monoisotopic (exact) mass is 224 g/mol. The largest absolute Gasteiger partial charge is 0.471 e. The Labute approximate surface area is 92.2 Å². The normalized spacial score (nSPS) is 15.4. The number of aliphatic hydroxyl groups is 1. The minimum absolute atomic E-state index is 0.0880. The van der Waals surface area contributed by atoms with Crippen LogP contribution in [-0.2, 0) is 0 Å². The van der Waals surface area contributed by atoms with Crippen LogP contribution in [0.1, 0.15) is 6.42 Å². The Hall–Kier alpha value is -1.82. The van der Waals surface area contributed by atoms with E-state index in [0.29, 0.717) is 5.75 Å². The van der Waals surface area contributed by atoms with E-state index in [4.69, 9.17) is 4.74 Å². The van der Waals surface area contributed by atoms with Crippen LogP contribution in [0.15, 0.2) is 24.3 Å². The van der Waals surface area contributed by atoms with Gasteiger partial charge in [-0.1, -0.05) is 12.1 Å². The molecule has 1 aromatic carbocycles. The van der Waals surface area contributed by atoms with Crippen molar-refractivity contribution in [2.45, 2.75) is 12.6 Å². The second kappa shape index (κ2) is 4.36. The first-order valence-corrected chi connectivity index (χ1v) is 4.97. The zero-order chi connectivity index (χ0) is 11.5. The zero-order valence-corrected chi connectivity index (χ0v) is 8.57. The van der Waals surface area contributed by atoms with E-state index in [1.165, 1.54) is 0 Å². The van der Waals surface area contributed by atoms with E-state index >= 15 is 0 Å². The molecule has 1 atom stereocenters. The van der Waals surface area contributed by atoms with Gasteiger partial charge >= 0.3 is 0 Å². The summed E-state index contributed by atoms with van der Waals surface area (Å²) >= 11 is 0. The van der Waals surface area contributed by atoms with Crippen molar-refractivity contribution in [1.82, 2.24) is 0 Å². The molecule has 6 nitrogen and oxygen atoms in total. The number of nitro groups is 1. The lowest BCUT2D eigenvalue weighted by Crippen LogP contribution is -2.35. The molecule has 1 unspecified atom stereocenters. The van der Waals surface area contributed by atoms with Crippen molar-refractivity contribution in [3.63, 3.8) is 0 Å². The molecule has 2 rings (SSSR count). The number of fused-ring (bicyclic) bond motifs is 1. The summed E-state index contributed by atoms with van der Waals surface area (Å²) in [5, 5.41) is 20.0. The Balaban J connectivity index is 2.04. The van der Waals surface area contributed by atoms with Crippen LogP contribution in [0.2, 0.25) is 0 Å². The van der Waals surface area contributed by atoms with E-state index in [9.17, 15) is 15.2 Å². The molecule has 16 heavy (non-hydrogen) atoms. The summed E-state index contributed by atoms with van der Waals surface area (Å²) in [6, 6.07) is 7.29. The summed E-state index contributed by atoms with van der Waals surface area (Å²) in [4.78, 5) is 11.4. The van der Waals surface area contributed by atoms with E-state index in [-0.39, 0.29) is 19.7 Å². The Bertz CT molecular complexity index is 396. The molecule has 1 aliphatic rings. The quantitative estimate of drug-likeness (QED) is 0.605. The zero-order valence-electron chi connectivity index (χ0n) is 8.57. The van der Waals surface area contributed by atoms with Gasteiger partial charge in [0.15, 0.2) is 6.73 Å². The number of nitrogens with zero attached hydrogens (tertiary/aromatic N) is 2. The van der Waals surface area contributed by atoms with Gasteiger partial charge in [-0.15, -0.1) is 0 Å². The maximum absolute atomic E-state index is 10.2. The van der Waals surface area contributed by atoms with Crippen LogP contribution in [0.4, 0.5) is 5.69 Å². The van der Waals surface area contributed by atoms with E-state index in [2.05, 4.69) is 0 Å². The number of ether oxygens (including phenoxy) is 1. The highest BCUT2D eigenvalue weighted by Gasteiger charge is 2.26. The van der Waals surface area contributed by atoms with Crippen LogP contribution in [0.25, 0.3) is 0 Å². The Kier molecular flexibility index (Phi) is 2.91. The molecule has 0 saturated carbocycles. The first-order valence-electron chi connectivity index (χ1n) is 4.97. The summed E-state index contributed by atoms with van der Waals surface area (Å²) in [7, 11) is 0. The molecule has 0 amide bonds. The standard InChI is InChI=1S/C10H12N2O4/c13-10(5-6-12(14)15)11-7-16-9-4-2-1-3-8(9)11/h1-4,10,13H,5-7H2. The van der Waals surface area contributed by atoms with Crippen molar-refractivity contribution < 1.29 is 14.8 Å². The molecule has 0 saturated heterocycles. The molecular formula is C10H12N2O4. The SMILES string of the molecule is O=[N+]([O-])CCC(O)N1COc2ccccc21. The van der Waals surface area contributed by atoms with Crippen LogP contribution >= 0.6 is 0 Å². The average molecular weight is 224 g/mol. The fourth-order valence-corrected chi connectivity index (χ4v) is 1.65. The number of para-hydroxylation sites is 2. The number of benzene rings is 1. The highest BCUT2D eigenvalue weighted by molar-refractivity contribution is 5.61. The van der Waals surface area contributed by atoms with Crippen molar-refractivity contribution in [3.8, 4) is 5.75 Å². The molecule has 1 heterocycles. The van der Waals surface area contributed by atoms with Crippen molar-refractivity contribution in [3.05, 3.63) is 34.4 Å². The molecule has 1 N–H and O–H groups in total. The van der Waals surface area contributed by atoms with Crippen LogP contribution in [0, 0.1) is 10.1 Å². The number of rotatable bonds is 4. The molecule has 0 spiro atoms. The van der Waals surface area contributed by atoms with Crippen LogP contribution < -0.4 is 9.64 Å². The van der Waals surface area contributed by atoms with E-state index in [1.54, 1.807) is 11.0 Å². The predicted octanol–water partition coefficient (Wildman–Crippen LogP) is 0.828. The van der Waals surface area contributed by atoms with Gasteiger partial charge in [-0.2, -0.15) is 0 Å². The van der Waals surface area contributed by atoms with Gasteiger partial charge in [0, 0.05) is 4.92 Å².